The van der Waals surface area contributed by atoms with Gasteiger partial charge in [0.05, 0.1) is 5.52 Å². The summed E-state index contributed by atoms with van der Waals surface area (Å²) in [5.41, 5.74) is 0.902. The Bertz CT molecular complexity index is 746. The van der Waals surface area contributed by atoms with Gasteiger partial charge in [-0.05, 0) is 24.6 Å². The number of carbonyl (C=O) groups is 2. The van der Waals surface area contributed by atoms with Crippen molar-refractivity contribution in [3.05, 3.63) is 28.7 Å². The smallest absolute Gasteiger partial charge is 0.408 e. The number of thiol groups is 1. The lowest BCUT2D eigenvalue weighted by Gasteiger charge is -2.21. The molecule has 7 heteroatoms. The number of aromatic nitrogens is 1. The summed E-state index contributed by atoms with van der Waals surface area (Å²) in [7, 11) is 0. The number of benzene rings is 1. The van der Waals surface area contributed by atoms with Crippen LogP contribution < -0.4 is 11.1 Å². The lowest BCUT2D eigenvalue weighted by molar-refractivity contribution is -0.135. The molecule has 1 aromatic heterocycles. The Morgan fingerprint density at radius 1 is 1.32 bits per heavy atom. The molecule has 1 fully saturated rings. The predicted octanol–water partition coefficient (Wildman–Crippen LogP) is 0.861. The van der Waals surface area contributed by atoms with Crippen LogP contribution >= 0.6 is 12.6 Å². The Morgan fingerprint density at radius 2 is 2.11 bits per heavy atom. The van der Waals surface area contributed by atoms with Gasteiger partial charge in [0.1, 0.15) is 6.04 Å². The molecule has 19 heavy (non-hydrogen) atoms. The third kappa shape index (κ3) is 1.95. The van der Waals surface area contributed by atoms with Gasteiger partial charge in [-0.3, -0.25) is 19.5 Å². The van der Waals surface area contributed by atoms with Crippen molar-refractivity contribution in [1.29, 1.82) is 0 Å². The number of rotatable bonds is 1. The minimum absolute atomic E-state index is 0.209. The number of piperidine rings is 1. The Balaban J connectivity index is 2.15. The van der Waals surface area contributed by atoms with Gasteiger partial charge in [0.15, 0.2) is 5.58 Å². The summed E-state index contributed by atoms with van der Waals surface area (Å²) in [5, 5.41) is 2.23. The first-order chi connectivity index (χ1) is 9.06. The van der Waals surface area contributed by atoms with E-state index in [2.05, 4.69) is 17.9 Å². The van der Waals surface area contributed by atoms with Crippen LogP contribution in [0.15, 0.2) is 32.3 Å². The number of hydrogen-bond acceptors (Lipinski definition) is 5. The molecule has 1 unspecified atom stereocenters. The molecule has 2 heterocycles. The van der Waals surface area contributed by atoms with Gasteiger partial charge in [-0.1, -0.05) is 0 Å². The molecular formula is C12H10N2O4S. The van der Waals surface area contributed by atoms with Crippen molar-refractivity contribution in [2.75, 3.05) is 0 Å². The van der Waals surface area contributed by atoms with Crippen LogP contribution in [0, 0.1) is 0 Å². The summed E-state index contributed by atoms with van der Waals surface area (Å²) in [6, 6.07) is 4.29. The summed E-state index contributed by atoms with van der Waals surface area (Å²) in [6.07, 6.45) is 0.502. The van der Waals surface area contributed by atoms with Gasteiger partial charge in [-0.15, -0.1) is 12.6 Å². The van der Waals surface area contributed by atoms with Crippen LogP contribution in [-0.2, 0) is 9.59 Å². The van der Waals surface area contributed by atoms with Gasteiger partial charge in [0.2, 0.25) is 11.8 Å². The fourth-order valence-electron chi connectivity index (χ4n) is 2.25. The van der Waals surface area contributed by atoms with Crippen molar-refractivity contribution in [3.8, 4) is 0 Å². The highest BCUT2D eigenvalue weighted by atomic mass is 32.1. The third-order valence-corrected chi connectivity index (χ3v) is 3.40. The molecule has 1 aliphatic heterocycles. The molecule has 6 nitrogen and oxygen atoms in total. The van der Waals surface area contributed by atoms with Crippen molar-refractivity contribution in [2.45, 2.75) is 23.8 Å². The molecule has 98 valence electrons. The Hall–Kier alpha value is -2.02. The van der Waals surface area contributed by atoms with Crippen LogP contribution in [0.25, 0.3) is 11.1 Å². The molecule has 0 spiro atoms. The van der Waals surface area contributed by atoms with Crippen LogP contribution in [0.1, 0.15) is 18.9 Å². The zero-order valence-corrected chi connectivity index (χ0v) is 10.6. The first-order valence-electron chi connectivity index (χ1n) is 5.74. The molecule has 2 amide bonds. The van der Waals surface area contributed by atoms with Crippen LogP contribution in [0.5, 0.6) is 0 Å². The monoisotopic (exact) mass is 278 g/mol. The number of oxazole rings is 1. The van der Waals surface area contributed by atoms with E-state index in [9.17, 15) is 14.4 Å². The van der Waals surface area contributed by atoms with Crippen molar-refractivity contribution in [2.24, 2.45) is 0 Å². The highest BCUT2D eigenvalue weighted by molar-refractivity contribution is 7.80. The molecule has 3 rings (SSSR count). The minimum Gasteiger partial charge on any atom is -0.408 e. The summed E-state index contributed by atoms with van der Waals surface area (Å²) < 4.78 is 6.38. The van der Waals surface area contributed by atoms with Gasteiger partial charge < -0.3 is 4.42 Å². The van der Waals surface area contributed by atoms with Crippen LogP contribution in [0.2, 0.25) is 0 Å². The number of nitrogens with zero attached hydrogens (tertiary/aromatic N) is 1. The Morgan fingerprint density at radius 3 is 2.84 bits per heavy atom. The summed E-state index contributed by atoms with van der Waals surface area (Å²) >= 11 is 4.17. The summed E-state index contributed by atoms with van der Waals surface area (Å²) in [4.78, 5) is 35.5. The van der Waals surface area contributed by atoms with Crippen LogP contribution in [0.3, 0.4) is 0 Å². The zero-order valence-electron chi connectivity index (χ0n) is 9.75. The second-order valence-corrected chi connectivity index (χ2v) is 4.87. The average molecular weight is 278 g/mol. The second kappa shape index (κ2) is 4.27. The molecule has 0 radical (unpaired) electrons. The zero-order chi connectivity index (χ0) is 13.6. The molecule has 0 aliphatic carbocycles. The normalized spacial score (nSPS) is 19.7. The molecule has 1 aromatic carbocycles. The highest BCUT2D eigenvalue weighted by Crippen LogP contribution is 2.24. The minimum atomic E-state index is -0.711. The molecule has 1 atom stereocenters. The quantitative estimate of drug-likeness (QED) is 0.599. The Kier molecular flexibility index (Phi) is 2.70. The van der Waals surface area contributed by atoms with E-state index < -0.39 is 17.7 Å². The Labute approximate surface area is 112 Å². The van der Waals surface area contributed by atoms with Crippen molar-refractivity contribution in [3.63, 3.8) is 0 Å². The van der Waals surface area contributed by atoms with Crippen LogP contribution in [0.4, 0.5) is 0 Å². The van der Waals surface area contributed by atoms with E-state index in [1.165, 1.54) is 4.57 Å². The number of amides is 2. The number of carbonyl (C=O) groups excluding carboxylic acids is 2. The van der Waals surface area contributed by atoms with Crippen molar-refractivity contribution in [1.82, 2.24) is 9.88 Å². The highest BCUT2D eigenvalue weighted by Gasteiger charge is 2.31. The SMILES string of the molecule is O=C1CCC(n2c(=O)oc3cc(S)ccc32)C(=O)N1. The van der Waals surface area contributed by atoms with Gasteiger partial charge in [-0.25, -0.2) is 4.79 Å². The standard InChI is InChI=1S/C12H10N2O4S/c15-10-4-3-8(11(16)13-10)14-7-2-1-6(19)5-9(7)18-12(14)17/h1-2,5,8,19H,3-4H2,(H,13,15,16). The van der Waals surface area contributed by atoms with E-state index in [1.54, 1.807) is 18.2 Å². The second-order valence-electron chi connectivity index (χ2n) is 4.36. The predicted molar refractivity (Wildman–Crippen MR) is 69.1 cm³/mol. The molecule has 0 bridgehead atoms. The number of fused-ring (bicyclic) bond motifs is 1. The summed E-state index contributed by atoms with van der Waals surface area (Å²) in [6.45, 7) is 0. The fourth-order valence-corrected chi connectivity index (χ4v) is 2.44. The maximum Gasteiger partial charge on any atom is 0.420 e. The third-order valence-electron chi connectivity index (χ3n) is 3.12. The molecule has 2 aromatic rings. The topological polar surface area (TPSA) is 81.3 Å². The van der Waals surface area contributed by atoms with E-state index in [-0.39, 0.29) is 12.3 Å². The summed E-state index contributed by atoms with van der Waals surface area (Å²) in [5.74, 6) is -1.40. The maximum absolute atomic E-state index is 11.9. The van der Waals surface area contributed by atoms with Crippen molar-refractivity contribution >= 4 is 35.5 Å². The van der Waals surface area contributed by atoms with E-state index >= 15 is 0 Å². The molecule has 1 N–H and O–H groups in total. The number of nitrogens with one attached hydrogen (secondary N) is 1. The largest absolute Gasteiger partial charge is 0.420 e. The molecular weight excluding hydrogens is 268 g/mol. The number of hydrogen-bond donors (Lipinski definition) is 2. The fraction of sp³-hybridized carbons (Fsp3) is 0.250. The van der Waals surface area contributed by atoms with Crippen LogP contribution in [-0.4, -0.2) is 16.4 Å². The van der Waals surface area contributed by atoms with Gasteiger partial charge in [0.25, 0.3) is 0 Å². The molecule has 1 saturated heterocycles. The average Bonchev–Trinajstić information content (AvgIpc) is 2.65. The van der Waals surface area contributed by atoms with E-state index in [4.69, 9.17) is 4.42 Å². The lowest BCUT2D eigenvalue weighted by atomic mass is 10.1. The van der Waals surface area contributed by atoms with Gasteiger partial charge >= 0.3 is 5.76 Å². The van der Waals surface area contributed by atoms with E-state index in [0.717, 1.165) is 0 Å². The molecule has 1 aliphatic rings. The molecule has 0 saturated carbocycles. The van der Waals surface area contributed by atoms with E-state index in [0.29, 0.717) is 22.4 Å². The van der Waals surface area contributed by atoms with E-state index in [1.807, 2.05) is 0 Å². The maximum atomic E-state index is 11.9. The van der Waals surface area contributed by atoms with Gasteiger partial charge in [0, 0.05) is 11.3 Å². The van der Waals surface area contributed by atoms with Crippen molar-refractivity contribution < 1.29 is 14.0 Å². The lowest BCUT2D eigenvalue weighted by Crippen LogP contribution is -2.43. The first-order valence-corrected chi connectivity index (χ1v) is 6.19. The van der Waals surface area contributed by atoms with Gasteiger partial charge in [-0.2, -0.15) is 0 Å². The number of imide groups is 1. The first kappa shape index (κ1) is 12.0.